The maximum atomic E-state index is 13.4. The first-order chi connectivity index (χ1) is 14.9. The summed E-state index contributed by atoms with van der Waals surface area (Å²) in [4.78, 5) is 40.5. The van der Waals surface area contributed by atoms with Crippen molar-refractivity contribution in [2.24, 2.45) is 0 Å². The summed E-state index contributed by atoms with van der Waals surface area (Å²) in [7, 11) is 0. The second-order valence-electron chi connectivity index (χ2n) is 9.02. The molecule has 0 radical (unpaired) electrons. The molecule has 1 aromatic carbocycles. The van der Waals surface area contributed by atoms with Crippen LogP contribution in [0.4, 0.5) is 4.79 Å². The largest absolute Gasteiger partial charge is 0.444 e. The summed E-state index contributed by atoms with van der Waals surface area (Å²) in [6, 6.07) is 5.78. The van der Waals surface area contributed by atoms with Gasteiger partial charge in [-0.15, -0.1) is 0 Å². The van der Waals surface area contributed by atoms with Crippen molar-refractivity contribution in [1.29, 1.82) is 0 Å². The Morgan fingerprint density at radius 2 is 1.81 bits per heavy atom. The van der Waals surface area contributed by atoms with Crippen molar-refractivity contribution >= 4 is 30.5 Å². The summed E-state index contributed by atoms with van der Waals surface area (Å²) in [5, 5.41) is 5.63. The number of nitrogens with zero attached hydrogens (tertiary/aromatic N) is 1. The first-order valence-electron chi connectivity index (χ1n) is 11.2. The lowest BCUT2D eigenvalue weighted by Gasteiger charge is -2.34. The second-order valence-corrected chi connectivity index (χ2v) is 9.39. The number of carbonyl (C=O) groups is 3. The number of hydrogen-bond donors (Lipinski definition) is 3. The van der Waals surface area contributed by atoms with Gasteiger partial charge in [0.2, 0.25) is 11.8 Å². The van der Waals surface area contributed by atoms with E-state index in [0.717, 1.165) is 24.0 Å². The van der Waals surface area contributed by atoms with Crippen LogP contribution in [-0.2, 0) is 14.3 Å². The third-order valence-corrected chi connectivity index (χ3v) is 5.19. The van der Waals surface area contributed by atoms with Crippen molar-refractivity contribution in [3.8, 4) is 0 Å². The first-order valence-corrected chi connectivity index (χ1v) is 11.8. The lowest BCUT2D eigenvalue weighted by Crippen LogP contribution is -2.54. The van der Waals surface area contributed by atoms with E-state index in [1.54, 1.807) is 20.8 Å². The molecule has 1 aromatic rings. The number of rotatable bonds is 10. The number of ether oxygens (including phenoxy) is 1. The molecule has 0 aliphatic carbocycles. The molecule has 0 aliphatic heterocycles. The molecule has 7 nitrogen and oxygen atoms in total. The number of amides is 3. The van der Waals surface area contributed by atoms with Crippen LogP contribution in [-0.4, -0.2) is 52.8 Å². The topological polar surface area (TPSA) is 87.7 Å². The van der Waals surface area contributed by atoms with Gasteiger partial charge in [-0.25, -0.2) is 4.79 Å². The Morgan fingerprint density at radius 1 is 1.16 bits per heavy atom. The predicted molar refractivity (Wildman–Crippen MR) is 131 cm³/mol. The van der Waals surface area contributed by atoms with E-state index >= 15 is 0 Å². The SMILES string of the molecule is CCCC(C)NC(=O)C(c1cccc(C)c1)N(CC)C(=O)C(CS)NC(=O)OC(C)(C)C. The number of benzene rings is 1. The monoisotopic (exact) mass is 465 g/mol. The molecule has 0 bridgehead atoms. The quantitative estimate of drug-likeness (QED) is 0.456. The molecule has 0 saturated carbocycles. The van der Waals surface area contributed by atoms with Crippen molar-refractivity contribution in [1.82, 2.24) is 15.5 Å². The Balaban J connectivity index is 3.24. The molecule has 0 saturated heterocycles. The van der Waals surface area contributed by atoms with Gasteiger partial charge in [-0.1, -0.05) is 43.2 Å². The third-order valence-electron chi connectivity index (χ3n) is 4.82. The van der Waals surface area contributed by atoms with E-state index < -0.39 is 29.7 Å². The molecule has 8 heteroatoms. The van der Waals surface area contributed by atoms with Crippen LogP contribution in [0.15, 0.2) is 24.3 Å². The van der Waals surface area contributed by atoms with Gasteiger partial charge >= 0.3 is 6.09 Å². The highest BCUT2D eigenvalue weighted by molar-refractivity contribution is 7.80. The van der Waals surface area contributed by atoms with Crippen molar-refractivity contribution in [2.45, 2.75) is 85.0 Å². The minimum absolute atomic E-state index is 0.0193. The lowest BCUT2D eigenvalue weighted by atomic mass is 10.0. The van der Waals surface area contributed by atoms with Crippen molar-refractivity contribution in [3.63, 3.8) is 0 Å². The van der Waals surface area contributed by atoms with Gasteiger partial charge in [-0.3, -0.25) is 9.59 Å². The van der Waals surface area contributed by atoms with Crippen LogP contribution in [0.2, 0.25) is 0 Å². The fourth-order valence-corrected chi connectivity index (χ4v) is 3.69. The summed E-state index contributed by atoms with van der Waals surface area (Å²) in [5.41, 5.74) is 1.01. The molecule has 0 aliphatic rings. The summed E-state index contributed by atoms with van der Waals surface area (Å²) in [6.07, 6.45) is 1.08. The van der Waals surface area contributed by atoms with Gasteiger partial charge in [0.15, 0.2) is 0 Å². The van der Waals surface area contributed by atoms with Crippen LogP contribution in [0.3, 0.4) is 0 Å². The van der Waals surface area contributed by atoms with Gasteiger partial charge in [0.25, 0.3) is 0 Å². The summed E-state index contributed by atoms with van der Waals surface area (Å²) >= 11 is 4.26. The highest BCUT2D eigenvalue weighted by atomic mass is 32.1. The molecule has 0 fully saturated rings. The minimum atomic E-state index is -0.929. The zero-order valence-corrected chi connectivity index (χ0v) is 21.3. The van der Waals surface area contributed by atoms with Gasteiger partial charge in [0, 0.05) is 18.3 Å². The van der Waals surface area contributed by atoms with E-state index in [0.29, 0.717) is 0 Å². The molecule has 0 heterocycles. The predicted octanol–water partition coefficient (Wildman–Crippen LogP) is 4.01. The van der Waals surface area contributed by atoms with Gasteiger partial charge in [-0.05, 0) is 53.5 Å². The maximum Gasteiger partial charge on any atom is 0.408 e. The van der Waals surface area contributed by atoms with Crippen LogP contribution >= 0.6 is 12.6 Å². The number of alkyl carbamates (subject to hydrolysis) is 1. The number of likely N-dealkylation sites (N-methyl/N-ethyl adjacent to an activating group) is 1. The Bertz CT molecular complexity index is 779. The smallest absolute Gasteiger partial charge is 0.408 e. The van der Waals surface area contributed by atoms with E-state index in [4.69, 9.17) is 4.74 Å². The molecule has 3 atom stereocenters. The van der Waals surface area contributed by atoms with E-state index in [1.165, 1.54) is 4.90 Å². The van der Waals surface area contributed by atoms with Crippen LogP contribution < -0.4 is 10.6 Å². The average molecular weight is 466 g/mol. The van der Waals surface area contributed by atoms with Crippen LogP contribution in [0.5, 0.6) is 0 Å². The summed E-state index contributed by atoms with van der Waals surface area (Å²) in [6.45, 7) is 13.3. The van der Waals surface area contributed by atoms with Gasteiger partial charge < -0.3 is 20.3 Å². The molecular formula is C24H39N3O4S. The molecule has 2 N–H and O–H groups in total. The Labute approximate surface area is 198 Å². The number of carbonyl (C=O) groups excluding carboxylic acids is 3. The average Bonchev–Trinajstić information content (AvgIpc) is 2.68. The second kappa shape index (κ2) is 12.7. The number of hydrogen-bond acceptors (Lipinski definition) is 5. The van der Waals surface area contributed by atoms with Crippen LogP contribution in [0, 0.1) is 6.92 Å². The lowest BCUT2D eigenvalue weighted by molar-refractivity contribution is -0.142. The highest BCUT2D eigenvalue weighted by Crippen LogP contribution is 2.24. The maximum absolute atomic E-state index is 13.4. The Kier molecular flexibility index (Phi) is 11.1. The molecule has 32 heavy (non-hydrogen) atoms. The Hall–Kier alpha value is -2.22. The molecule has 3 unspecified atom stereocenters. The van der Waals surface area contributed by atoms with Crippen LogP contribution in [0.25, 0.3) is 0 Å². The summed E-state index contributed by atoms with van der Waals surface area (Å²) < 4.78 is 5.29. The minimum Gasteiger partial charge on any atom is -0.444 e. The molecular weight excluding hydrogens is 426 g/mol. The van der Waals surface area contributed by atoms with Crippen molar-refractivity contribution in [2.75, 3.05) is 12.3 Å². The van der Waals surface area contributed by atoms with Gasteiger partial charge in [-0.2, -0.15) is 12.6 Å². The van der Waals surface area contributed by atoms with E-state index in [2.05, 4.69) is 30.2 Å². The molecule has 3 amide bonds. The summed E-state index contributed by atoms with van der Waals surface area (Å²) in [5.74, 6) is -0.566. The number of thiol groups is 1. The van der Waals surface area contributed by atoms with Crippen molar-refractivity contribution in [3.05, 3.63) is 35.4 Å². The fraction of sp³-hybridized carbons (Fsp3) is 0.625. The standard InChI is InChI=1S/C24H39N3O4S/c1-8-11-17(4)25-21(28)20(18-13-10-12-16(3)14-18)27(9-2)22(29)19(15-32)26-23(30)31-24(5,6)7/h10,12-14,17,19-20,32H,8-9,11,15H2,1-7H3,(H,25,28)(H,26,30). The van der Waals surface area contributed by atoms with E-state index in [-0.39, 0.29) is 24.2 Å². The molecule has 1 rings (SSSR count). The highest BCUT2D eigenvalue weighted by Gasteiger charge is 2.35. The van der Waals surface area contributed by atoms with Crippen LogP contribution in [0.1, 0.15) is 71.6 Å². The zero-order chi connectivity index (χ0) is 24.5. The van der Waals surface area contributed by atoms with E-state index in [1.807, 2.05) is 45.0 Å². The fourth-order valence-electron chi connectivity index (χ4n) is 3.44. The van der Waals surface area contributed by atoms with E-state index in [9.17, 15) is 14.4 Å². The third kappa shape index (κ3) is 8.73. The molecule has 0 spiro atoms. The normalized spacial score (nSPS) is 14.1. The molecule has 0 aromatic heterocycles. The van der Waals surface area contributed by atoms with Gasteiger partial charge in [0.1, 0.15) is 17.7 Å². The van der Waals surface area contributed by atoms with Crippen molar-refractivity contribution < 1.29 is 19.1 Å². The number of nitrogens with one attached hydrogen (secondary N) is 2. The molecule has 180 valence electrons. The first kappa shape index (κ1) is 27.8. The zero-order valence-electron chi connectivity index (χ0n) is 20.4. The van der Waals surface area contributed by atoms with Gasteiger partial charge in [0.05, 0.1) is 0 Å². The number of aryl methyl sites for hydroxylation is 1. The Morgan fingerprint density at radius 3 is 2.31 bits per heavy atom.